The highest BCUT2D eigenvalue weighted by molar-refractivity contribution is 7.99. The maximum atomic E-state index is 11.7. The minimum absolute atomic E-state index is 0.00760. The van der Waals surface area contributed by atoms with Crippen LogP contribution < -0.4 is 0 Å². The van der Waals surface area contributed by atoms with Gasteiger partial charge in [0.1, 0.15) is 11.5 Å². The van der Waals surface area contributed by atoms with Crippen LogP contribution in [0.15, 0.2) is 56.6 Å². The van der Waals surface area contributed by atoms with Crippen LogP contribution in [0.4, 0.5) is 0 Å². The molecule has 0 radical (unpaired) electrons. The second-order valence-electron chi connectivity index (χ2n) is 4.49. The van der Waals surface area contributed by atoms with Crippen molar-refractivity contribution >= 4 is 23.1 Å². The van der Waals surface area contributed by atoms with E-state index in [4.69, 9.17) is 4.42 Å². The van der Waals surface area contributed by atoms with Crippen LogP contribution in [0, 0.1) is 6.92 Å². The van der Waals surface area contributed by atoms with E-state index in [2.05, 4.69) is 0 Å². The number of ketones is 1. The molecule has 0 fully saturated rings. The summed E-state index contributed by atoms with van der Waals surface area (Å²) in [5.74, 6) is 0.535. The number of aliphatic hydroxyl groups is 1. The van der Waals surface area contributed by atoms with Crippen molar-refractivity contribution in [1.29, 1.82) is 0 Å². The first-order chi connectivity index (χ1) is 9.49. The van der Waals surface area contributed by atoms with Gasteiger partial charge in [0.15, 0.2) is 10.9 Å². The van der Waals surface area contributed by atoms with Crippen LogP contribution in [0.1, 0.15) is 25.2 Å². The molecule has 0 aliphatic carbocycles. The van der Waals surface area contributed by atoms with Crippen molar-refractivity contribution in [1.82, 2.24) is 0 Å². The molecule has 3 nitrogen and oxygen atoms in total. The van der Waals surface area contributed by atoms with Crippen molar-refractivity contribution in [2.45, 2.75) is 30.8 Å². The molecule has 0 spiro atoms. The van der Waals surface area contributed by atoms with Gasteiger partial charge in [0.25, 0.3) is 0 Å². The summed E-state index contributed by atoms with van der Waals surface area (Å²) >= 11 is 1.43. The van der Waals surface area contributed by atoms with Crippen LogP contribution in [0.25, 0.3) is 5.57 Å². The van der Waals surface area contributed by atoms with E-state index < -0.39 is 0 Å². The van der Waals surface area contributed by atoms with Crippen LogP contribution in [0.5, 0.6) is 0 Å². The molecule has 1 N–H and O–H groups in total. The van der Waals surface area contributed by atoms with Gasteiger partial charge in [-0.05, 0) is 39.0 Å². The average Bonchev–Trinajstić information content (AvgIpc) is 2.70. The van der Waals surface area contributed by atoms with E-state index in [-0.39, 0.29) is 11.5 Å². The van der Waals surface area contributed by atoms with E-state index in [1.165, 1.54) is 25.6 Å². The van der Waals surface area contributed by atoms with Gasteiger partial charge in [-0.15, -0.1) is 0 Å². The zero-order valence-electron chi connectivity index (χ0n) is 11.6. The molecule has 0 aliphatic rings. The molecule has 2 aromatic rings. The monoisotopic (exact) mass is 288 g/mol. The lowest BCUT2D eigenvalue weighted by Gasteiger charge is -2.05. The van der Waals surface area contributed by atoms with Crippen molar-refractivity contribution in [3.05, 3.63) is 53.5 Å². The predicted octanol–water partition coefficient (Wildman–Crippen LogP) is 4.62. The first-order valence-electron chi connectivity index (χ1n) is 6.23. The molecule has 1 aromatic heterocycles. The lowest BCUT2D eigenvalue weighted by molar-refractivity contribution is -0.111. The van der Waals surface area contributed by atoms with Gasteiger partial charge in [-0.3, -0.25) is 4.79 Å². The SMILES string of the molecule is CC(=O)/C(=C(/C)O)c1cc(C)oc1Sc1ccccc1. The van der Waals surface area contributed by atoms with Crippen molar-refractivity contribution in [3.8, 4) is 0 Å². The summed E-state index contributed by atoms with van der Waals surface area (Å²) in [6.45, 7) is 4.77. The van der Waals surface area contributed by atoms with E-state index in [1.54, 1.807) is 6.07 Å². The lowest BCUT2D eigenvalue weighted by Crippen LogP contribution is -1.99. The first kappa shape index (κ1) is 14.5. The van der Waals surface area contributed by atoms with E-state index in [0.29, 0.717) is 22.0 Å². The Kier molecular flexibility index (Phi) is 4.35. The Hall–Kier alpha value is -1.94. The molecule has 2 rings (SSSR count). The Balaban J connectivity index is 2.46. The standard InChI is InChI=1S/C16H16O3S/c1-10-9-14(15(11(2)17)12(3)18)16(19-10)20-13-7-5-4-6-8-13/h4-9,17H,1-3H3/b15-11+. The Morgan fingerprint density at radius 1 is 1.20 bits per heavy atom. The Bertz CT molecular complexity index is 650. The molecule has 1 heterocycles. The fraction of sp³-hybridized carbons (Fsp3) is 0.188. The maximum Gasteiger partial charge on any atom is 0.173 e. The summed E-state index contributed by atoms with van der Waals surface area (Å²) in [5.41, 5.74) is 0.948. The second kappa shape index (κ2) is 6.01. The average molecular weight is 288 g/mol. The zero-order chi connectivity index (χ0) is 14.7. The van der Waals surface area contributed by atoms with Gasteiger partial charge in [-0.25, -0.2) is 0 Å². The maximum absolute atomic E-state index is 11.7. The molecule has 0 saturated heterocycles. The number of aryl methyl sites for hydroxylation is 1. The number of Topliss-reactive ketones (excluding diaryl/α,β-unsaturated/α-hetero) is 1. The van der Waals surface area contributed by atoms with Crippen LogP contribution in [0.2, 0.25) is 0 Å². The normalized spacial score (nSPS) is 12.2. The second-order valence-corrected chi connectivity index (χ2v) is 5.54. The molecule has 20 heavy (non-hydrogen) atoms. The number of allylic oxidation sites excluding steroid dienone is 2. The third-order valence-electron chi connectivity index (χ3n) is 2.76. The number of hydrogen-bond donors (Lipinski definition) is 1. The summed E-state index contributed by atoms with van der Waals surface area (Å²) in [7, 11) is 0. The summed E-state index contributed by atoms with van der Waals surface area (Å²) in [5, 5.41) is 10.4. The van der Waals surface area contributed by atoms with Gasteiger partial charge in [0.05, 0.1) is 5.57 Å². The minimum atomic E-state index is -0.180. The van der Waals surface area contributed by atoms with Crippen LogP contribution in [0.3, 0.4) is 0 Å². The topological polar surface area (TPSA) is 50.4 Å². The van der Waals surface area contributed by atoms with Crippen molar-refractivity contribution in [2.24, 2.45) is 0 Å². The molecule has 4 heteroatoms. The number of carbonyl (C=O) groups excluding carboxylic acids is 1. The lowest BCUT2D eigenvalue weighted by atomic mass is 10.0. The Morgan fingerprint density at radius 3 is 2.40 bits per heavy atom. The van der Waals surface area contributed by atoms with Crippen LogP contribution in [-0.4, -0.2) is 10.9 Å². The zero-order valence-corrected chi connectivity index (χ0v) is 12.5. The molecule has 0 atom stereocenters. The summed E-state index contributed by atoms with van der Waals surface area (Å²) in [6, 6.07) is 11.5. The van der Waals surface area contributed by atoms with Crippen molar-refractivity contribution in [2.75, 3.05) is 0 Å². The molecular formula is C16H16O3S. The highest BCUT2D eigenvalue weighted by Crippen LogP contribution is 2.37. The van der Waals surface area contributed by atoms with Gasteiger partial charge >= 0.3 is 0 Å². The molecule has 0 bridgehead atoms. The smallest absolute Gasteiger partial charge is 0.173 e. The van der Waals surface area contributed by atoms with E-state index in [0.717, 1.165) is 4.90 Å². The summed E-state index contributed by atoms with van der Waals surface area (Å²) < 4.78 is 5.67. The van der Waals surface area contributed by atoms with Crippen molar-refractivity contribution < 1.29 is 14.3 Å². The fourth-order valence-electron chi connectivity index (χ4n) is 1.98. The van der Waals surface area contributed by atoms with Gasteiger partial charge in [-0.2, -0.15) is 0 Å². The van der Waals surface area contributed by atoms with Crippen LogP contribution in [-0.2, 0) is 4.79 Å². The number of rotatable bonds is 4. The fourth-order valence-corrected chi connectivity index (χ4v) is 2.93. The van der Waals surface area contributed by atoms with E-state index >= 15 is 0 Å². The highest BCUT2D eigenvalue weighted by atomic mass is 32.2. The number of hydrogen-bond acceptors (Lipinski definition) is 4. The largest absolute Gasteiger partial charge is 0.512 e. The third-order valence-corrected chi connectivity index (χ3v) is 3.75. The molecule has 0 aliphatic heterocycles. The quantitative estimate of drug-likeness (QED) is 0.659. The molecule has 0 amide bonds. The molecule has 0 unspecified atom stereocenters. The third kappa shape index (κ3) is 3.14. The first-order valence-corrected chi connectivity index (χ1v) is 7.05. The van der Waals surface area contributed by atoms with E-state index in [1.807, 2.05) is 37.3 Å². The molecule has 0 saturated carbocycles. The van der Waals surface area contributed by atoms with Crippen LogP contribution >= 0.6 is 11.8 Å². The predicted molar refractivity (Wildman–Crippen MR) is 79.9 cm³/mol. The summed E-state index contributed by atoms with van der Waals surface area (Å²) in [6.07, 6.45) is 0. The van der Waals surface area contributed by atoms with Crippen molar-refractivity contribution in [3.63, 3.8) is 0 Å². The summed E-state index contributed by atoms with van der Waals surface area (Å²) in [4.78, 5) is 12.7. The number of furan rings is 1. The highest BCUT2D eigenvalue weighted by Gasteiger charge is 2.20. The van der Waals surface area contributed by atoms with Gasteiger partial charge < -0.3 is 9.52 Å². The number of aliphatic hydroxyl groups excluding tert-OH is 1. The van der Waals surface area contributed by atoms with Gasteiger partial charge in [-0.1, -0.05) is 30.0 Å². The van der Waals surface area contributed by atoms with Gasteiger partial charge in [0.2, 0.25) is 0 Å². The van der Waals surface area contributed by atoms with Gasteiger partial charge in [0, 0.05) is 10.5 Å². The van der Waals surface area contributed by atoms with E-state index in [9.17, 15) is 9.90 Å². The molecular weight excluding hydrogens is 272 g/mol. The number of carbonyl (C=O) groups is 1. The number of benzene rings is 1. The molecule has 1 aromatic carbocycles. The minimum Gasteiger partial charge on any atom is -0.512 e. The Morgan fingerprint density at radius 2 is 1.85 bits per heavy atom. The Labute approximate surface area is 122 Å². The molecule has 104 valence electrons.